The Kier molecular flexibility index (Phi) is 8.46. The first-order valence-electron chi connectivity index (χ1n) is 9.99. The molecule has 2 unspecified atom stereocenters. The summed E-state index contributed by atoms with van der Waals surface area (Å²) in [5, 5.41) is 5.64. The second-order valence-corrected chi connectivity index (χ2v) is 7.85. The number of carbonyl (C=O) groups is 3. The zero-order chi connectivity index (χ0) is 20.1. The SMILES string of the molecule is COC(=O)CCNC(=O)c1ccc(NC(=O)C2CC3CCCC(C2)C3N)cc1.Cl. The van der Waals surface area contributed by atoms with Crippen molar-refractivity contribution in [2.75, 3.05) is 19.0 Å². The number of nitrogens with two attached hydrogens (primary N) is 1. The highest BCUT2D eigenvalue weighted by Crippen LogP contribution is 2.42. The van der Waals surface area contributed by atoms with Crippen molar-refractivity contribution in [3.63, 3.8) is 0 Å². The largest absolute Gasteiger partial charge is 0.469 e. The lowest BCUT2D eigenvalue weighted by atomic mass is 9.65. The van der Waals surface area contributed by atoms with Crippen molar-refractivity contribution >= 4 is 35.9 Å². The first kappa shape index (κ1) is 23.2. The van der Waals surface area contributed by atoms with Crippen LogP contribution in [0.15, 0.2) is 24.3 Å². The van der Waals surface area contributed by atoms with Crippen LogP contribution in [-0.4, -0.2) is 37.5 Å². The molecule has 4 N–H and O–H groups in total. The summed E-state index contributed by atoms with van der Waals surface area (Å²) in [5.74, 6) is 0.330. The van der Waals surface area contributed by atoms with Gasteiger partial charge in [-0.3, -0.25) is 14.4 Å². The first-order valence-corrected chi connectivity index (χ1v) is 9.99. The lowest BCUT2D eigenvalue weighted by Gasteiger charge is -2.43. The van der Waals surface area contributed by atoms with Gasteiger partial charge in [-0.05, 0) is 61.8 Å². The van der Waals surface area contributed by atoms with E-state index in [2.05, 4.69) is 15.4 Å². The van der Waals surface area contributed by atoms with Crippen LogP contribution >= 0.6 is 12.4 Å². The summed E-state index contributed by atoms with van der Waals surface area (Å²) in [6.07, 6.45) is 5.33. The Labute approximate surface area is 177 Å². The van der Waals surface area contributed by atoms with Gasteiger partial charge in [-0.1, -0.05) is 6.42 Å². The van der Waals surface area contributed by atoms with Crippen molar-refractivity contribution in [2.24, 2.45) is 23.5 Å². The average Bonchev–Trinajstić information content (AvgIpc) is 2.68. The topological polar surface area (TPSA) is 111 Å². The molecule has 160 valence electrons. The number of anilines is 1. The number of esters is 1. The minimum Gasteiger partial charge on any atom is -0.469 e. The van der Waals surface area contributed by atoms with E-state index in [4.69, 9.17) is 5.73 Å². The summed E-state index contributed by atoms with van der Waals surface area (Å²) >= 11 is 0. The van der Waals surface area contributed by atoms with Gasteiger partial charge in [0.05, 0.1) is 13.5 Å². The number of ether oxygens (including phenoxy) is 1. The van der Waals surface area contributed by atoms with Gasteiger partial charge in [-0.25, -0.2) is 0 Å². The molecule has 2 aliphatic rings. The molecule has 0 saturated heterocycles. The van der Waals surface area contributed by atoms with E-state index >= 15 is 0 Å². The van der Waals surface area contributed by atoms with Crippen LogP contribution in [0, 0.1) is 17.8 Å². The summed E-state index contributed by atoms with van der Waals surface area (Å²) in [5.41, 5.74) is 7.46. The number of hydrogen-bond donors (Lipinski definition) is 3. The molecule has 2 bridgehead atoms. The van der Waals surface area contributed by atoms with Gasteiger partial charge in [0.2, 0.25) is 5.91 Å². The number of benzene rings is 1. The molecule has 0 spiro atoms. The number of fused-ring (bicyclic) bond motifs is 2. The second-order valence-electron chi connectivity index (χ2n) is 7.85. The van der Waals surface area contributed by atoms with Crippen LogP contribution in [0.3, 0.4) is 0 Å². The van der Waals surface area contributed by atoms with Gasteiger partial charge in [-0.2, -0.15) is 0 Å². The molecule has 3 rings (SSSR count). The highest BCUT2D eigenvalue weighted by Gasteiger charge is 2.40. The lowest BCUT2D eigenvalue weighted by Crippen LogP contribution is -2.48. The molecular weight excluding hydrogens is 394 g/mol. The van der Waals surface area contributed by atoms with E-state index in [-0.39, 0.29) is 55.1 Å². The highest BCUT2D eigenvalue weighted by atomic mass is 35.5. The van der Waals surface area contributed by atoms with Gasteiger partial charge < -0.3 is 21.1 Å². The highest BCUT2D eigenvalue weighted by molar-refractivity contribution is 5.96. The Morgan fingerprint density at radius 3 is 2.31 bits per heavy atom. The minimum absolute atomic E-state index is 0. The van der Waals surface area contributed by atoms with Gasteiger partial charge in [0.25, 0.3) is 5.91 Å². The average molecular weight is 424 g/mol. The number of amides is 2. The van der Waals surface area contributed by atoms with Gasteiger partial charge >= 0.3 is 5.97 Å². The van der Waals surface area contributed by atoms with E-state index in [1.165, 1.54) is 13.5 Å². The van der Waals surface area contributed by atoms with Crippen LogP contribution in [0.5, 0.6) is 0 Å². The van der Waals surface area contributed by atoms with Crippen LogP contribution in [0.1, 0.15) is 48.9 Å². The van der Waals surface area contributed by atoms with E-state index in [9.17, 15) is 14.4 Å². The Hall–Kier alpha value is -2.12. The van der Waals surface area contributed by atoms with Crippen molar-refractivity contribution < 1.29 is 19.1 Å². The summed E-state index contributed by atoms with van der Waals surface area (Å²) < 4.78 is 4.53. The van der Waals surface area contributed by atoms with Crippen molar-refractivity contribution in [3.8, 4) is 0 Å². The molecule has 1 aromatic carbocycles. The molecule has 2 atom stereocenters. The summed E-state index contributed by atoms with van der Waals surface area (Å²) in [4.78, 5) is 35.8. The Bertz CT molecular complexity index is 711. The van der Waals surface area contributed by atoms with Crippen LogP contribution in [-0.2, 0) is 14.3 Å². The Morgan fingerprint density at radius 1 is 1.10 bits per heavy atom. The maximum atomic E-state index is 12.7. The van der Waals surface area contributed by atoms with Crippen LogP contribution in [0.2, 0.25) is 0 Å². The fraction of sp³-hybridized carbons (Fsp3) is 0.571. The maximum absolute atomic E-state index is 12.7. The Morgan fingerprint density at radius 2 is 1.72 bits per heavy atom. The number of carbonyl (C=O) groups excluding carboxylic acids is 3. The molecule has 1 aromatic rings. The number of halogens is 1. The predicted octanol–water partition coefficient (Wildman–Crippen LogP) is 2.49. The monoisotopic (exact) mass is 423 g/mol. The summed E-state index contributed by atoms with van der Waals surface area (Å²) in [6, 6.07) is 7.02. The third kappa shape index (κ3) is 5.93. The van der Waals surface area contributed by atoms with Gasteiger partial charge in [0.15, 0.2) is 0 Å². The first-order chi connectivity index (χ1) is 13.5. The standard InChI is InChI=1S/C21H29N3O4.ClH/c1-28-18(25)9-10-23-20(26)13-5-7-17(8-6-13)24-21(27)16-11-14-3-2-4-15(12-16)19(14)22;/h5-8,14-16,19H,2-4,9-12,22H2,1H3,(H,23,26)(H,24,27);1H. The minimum atomic E-state index is -0.369. The molecule has 7 nitrogen and oxygen atoms in total. The third-order valence-electron chi connectivity index (χ3n) is 6.04. The van der Waals surface area contributed by atoms with E-state index in [0.717, 1.165) is 25.7 Å². The molecular formula is C21H30ClN3O4. The number of rotatable bonds is 6. The van der Waals surface area contributed by atoms with Gasteiger partial charge in [0.1, 0.15) is 0 Å². The number of hydrogen-bond acceptors (Lipinski definition) is 5. The van der Waals surface area contributed by atoms with Gasteiger partial charge in [0, 0.05) is 29.8 Å². The molecule has 0 heterocycles. The van der Waals surface area contributed by atoms with E-state index in [1.54, 1.807) is 24.3 Å². The van der Waals surface area contributed by atoms with E-state index in [0.29, 0.717) is 23.1 Å². The normalized spacial score (nSPS) is 25.3. The smallest absolute Gasteiger partial charge is 0.307 e. The maximum Gasteiger partial charge on any atom is 0.307 e. The molecule has 2 amide bonds. The quantitative estimate of drug-likeness (QED) is 0.609. The zero-order valence-corrected chi connectivity index (χ0v) is 17.5. The third-order valence-corrected chi connectivity index (χ3v) is 6.04. The second kappa shape index (κ2) is 10.6. The van der Waals surface area contributed by atoms with Crippen LogP contribution < -0.4 is 16.4 Å². The molecule has 0 aromatic heterocycles. The van der Waals surface area contributed by atoms with Crippen molar-refractivity contribution in [2.45, 2.75) is 44.6 Å². The summed E-state index contributed by atoms with van der Waals surface area (Å²) in [7, 11) is 1.31. The molecule has 0 radical (unpaired) electrons. The number of nitrogens with one attached hydrogen (secondary N) is 2. The lowest BCUT2D eigenvalue weighted by molar-refractivity contribution is -0.140. The van der Waals surface area contributed by atoms with E-state index in [1.807, 2.05) is 0 Å². The van der Waals surface area contributed by atoms with Crippen molar-refractivity contribution in [3.05, 3.63) is 29.8 Å². The van der Waals surface area contributed by atoms with Crippen LogP contribution in [0.4, 0.5) is 5.69 Å². The fourth-order valence-corrected chi connectivity index (χ4v) is 4.43. The Balaban J connectivity index is 0.00000300. The van der Waals surface area contributed by atoms with Crippen molar-refractivity contribution in [1.29, 1.82) is 0 Å². The molecule has 2 aliphatic carbocycles. The van der Waals surface area contributed by atoms with Gasteiger partial charge in [-0.15, -0.1) is 12.4 Å². The predicted molar refractivity (Wildman–Crippen MR) is 113 cm³/mol. The molecule has 2 saturated carbocycles. The fourth-order valence-electron chi connectivity index (χ4n) is 4.43. The number of methoxy groups -OCH3 is 1. The van der Waals surface area contributed by atoms with E-state index < -0.39 is 0 Å². The zero-order valence-electron chi connectivity index (χ0n) is 16.7. The summed E-state index contributed by atoms with van der Waals surface area (Å²) in [6.45, 7) is 0.218. The molecule has 8 heteroatoms. The van der Waals surface area contributed by atoms with Crippen LogP contribution in [0.25, 0.3) is 0 Å². The van der Waals surface area contributed by atoms with Crippen molar-refractivity contribution in [1.82, 2.24) is 5.32 Å². The molecule has 2 fully saturated rings. The molecule has 29 heavy (non-hydrogen) atoms. The molecule has 0 aliphatic heterocycles.